The summed E-state index contributed by atoms with van der Waals surface area (Å²) < 4.78 is 10.5. The zero-order chi connectivity index (χ0) is 18.0. The van der Waals surface area contributed by atoms with Gasteiger partial charge < -0.3 is 19.7 Å². The molecule has 1 aromatic rings. The summed E-state index contributed by atoms with van der Waals surface area (Å²) in [6, 6.07) is 7.37. The van der Waals surface area contributed by atoms with Gasteiger partial charge in [-0.2, -0.15) is 0 Å². The van der Waals surface area contributed by atoms with Crippen LogP contribution in [0, 0.1) is 5.92 Å². The van der Waals surface area contributed by atoms with Crippen LogP contribution in [-0.2, 0) is 19.1 Å². The van der Waals surface area contributed by atoms with Gasteiger partial charge in [-0.1, -0.05) is 12.1 Å². The Morgan fingerprint density at radius 2 is 2.00 bits per heavy atom. The molecule has 3 rings (SSSR count). The molecule has 0 bridgehead atoms. The van der Waals surface area contributed by atoms with Crippen molar-refractivity contribution in [1.29, 1.82) is 0 Å². The number of methoxy groups -OCH3 is 1. The fourth-order valence-electron chi connectivity index (χ4n) is 2.82. The van der Waals surface area contributed by atoms with Crippen molar-refractivity contribution in [2.75, 3.05) is 18.6 Å². The first kappa shape index (κ1) is 17.3. The minimum absolute atomic E-state index is 0.0633. The second-order valence-electron chi connectivity index (χ2n) is 6.44. The molecule has 25 heavy (non-hydrogen) atoms. The first-order chi connectivity index (χ1) is 12.0. The monoisotopic (exact) mass is 346 g/mol. The topological polar surface area (TPSA) is 84.9 Å². The molecule has 134 valence electrons. The molecule has 1 N–H and O–H groups in total. The van der Waals surface area contributed by atoms with Crippen molar-refractivity contribution in [3.05, 3.63) is 24.3 Å². The molecule has 1 aromatic carbocycles. The molecule has 7 heteroatoms. The lowest BCUT2D eigenvalue weighted by Crippen LogP contribution is -2.38. The van der Waals surface area contributed by atoms with Crippen molar-refractivity contribution in [3.8, 4) is 5.75 Å². The molecule has 0 radical (unpaired) electrons. The molecule has 1 heterocycles. The molecule has 2 fully saturated rings. The van der Waals surface area contributed by atoms with E-state index in [1.807, 2.05) is 6.07 Å². The van der Waals surface area contributed by atoms with Crippen molar-refractivity contribution < 1.29 is 23.9 Å². The maximum absolute atomic E-state index is 12.3. The lowest BCUT2D eigenvalue weighted by atomic mass is 10.1. The van der Waals surface area contributed by atoms with Gasteiger partial charge in [0.1, 0.15) is 5.75 Å². The highest BCUT2D eigenvalue weighted by atomic mass is 16.5. The summed E-state index contributed by atoms with van der Waals surface area (Å²) in [5.74, 6) is -0.997. The molecule has 1 aliphatic carbocycles. The van der Waals surface area contributed by atoms with Gasteiger partial charge in [-0.3, -0.25) is 14.4 Å². The highest BCUT2D eigenvalue weighted by Crippen LogP contribution is 2.33. The third-order valence-electron chi connectivity index (χ3n) is 4.42. The van der Waals surface area contributed by atoms with E-state index < -0.39 is 18.0 Å². The van der Waals surface area contributed by atoms with Crippen molar-refractivity contribution in [2.24, 2.45) is 5.92 Å². The molecule has 0 aromatic heterocycles. The first-order valence-electron chi connectivity index (χ1n) is 8.44. The molecule has 2 atom stereocenters. The normalized spacial score (nSPS) is 21.0. The summed E-state index contributed by atoms with van der Waals surface area (Å²) in [6.07, 6.45) is 1.14. The number of hydrogen-bond donors (Lipinski definition) is 1. The van der Waals surface area contributed by atoms with E-state index >= 15 is 0 Å². The van der Waals surface area contributed by atoms with Crippen LogP contribution in [0.2, 0.25) is 0 Å². The van der Waals surface area contributed by atoms with E-state index in [-0.39, 0.29) is 30.8 Å². The van der Waals surface area contributed by atoms with E-state index in [9.17, 15) is 14.4 Å². The summed E-state index contributed by atoms with van der Waals surface area (Å²) in [6.45, 7) is 1.76. The average molecular weight is 346 g/mol. The minimum Gasteiger partial charge on any atom is -0.495 e. The Labute approximate surface area is 146 Å². The molecule has 2 aliphatic rings. The van der Waals surface area contributed by atoms with Crippen molar-refractivity contribution >= 4 is 23.5 Å². The lowest BCUT2D eigenvalue weighted by molar-refractivity contribution is -0.158. The number of carbonyl (C=O) groups excluding carboxylic acids is 3. The summed E-state index contributed by atoms with van der Waals surface area (Å²) in [5, 5.41) is 2.80. The van der Waals surface area contributed by atoms with Crippen LogP contribution in [0.15, 0.2) is 24.3 Å². The van der Waals surface area contributed by atoms with Gasteiger partial charge in [0.2, 0.25) is 5.91 Å². The van der Waals surface area contributed by atoms with Gasteiger partial charge in [-0.25, -0.2) is 0 Å². The quantitative estimate of drug-likeness (QED) is 0.784. The predicted molar refractivity (Wildman–Crippen MR) is 90.2 cm³/mol. The van der Waals surface area contributed by atoms with Crippen LogP contribution in [0.25, 0.3) is 0 Å². The lowest BCUT2D eigenvalue weighted by Gasteiger charge is -2.19. The van der Waals surface area contributed by atoms with E-state index in [1.54, 1.807) is 25.1 Å². The fraction of sp³-hybridized carbons (Fsp3) is 0.500. The Bertz CT molecular complexity index is 686. The molecule has 1 saturated carbocycles. The number of esters is 1. The second-order valence-corrected chi connectivity index (χ2v) is 6.44. The Balaban J connectivity index is 1.61. The van der Waals surface area contributed by atoms with Crippen LogP contribution >= 0.6 is 0 Å². The van der Waals surface area contributed by atoms with Crippen LogP contribution in [-0.4, -0.2) is 43.6 Å². The number of ether oxygens (including phenoxy) is 2. The molecule has 1 aliphatic heterocycles. The smallest absolute Gasteiger partial charge is 0.312 e. The number of nitrogens with one attached hydrogen (secondary N) is 1. The number of nitrogens with zero attached hydrogens (tertiary/aromatic N) is 1. The highest BCUT2D eigenvalue weighted by molar-refractivity contribution is 6.00. The zero-order valence-electron chi connectivity index (χ0n) is 14.4. The molecule has 2 amide bonds. The van der Waals surface area contributed by atoms with Gasteiger partial charge in [0.15, 0.2) is 6.10 Å². The van der Waals surface area contributed by atoms with Crippen LogP contribution in [0.3, 0.4) is 0 Å². The van der Waals surface area contributed by atoms with Gasteiger partial charge in [0.05, 0.1) is 18.7 Å². The Hall–Kier alpha value is -2.57. The van der Waals surface area contributed by atoms with Gasteiger partial charge in [-0.15, -0.1) is 0 Å². The molecule has 0 unspecified atom stereocenters. The van der Waals surface area contributed by atoms with Crippen molar-refractivity contribution in [1.82, 2.24) is 5.32 Å². The van der Waals surface area contributed by atoms with Gasteiger partial charge in [-0.05, 0) is 31.9 Å². The van der Waals surface area contributed by atoms with E-state index in [4.69, 9.17) is 9.47 Å². The standard InChI is InChI=1S/C18H22N2O5/c1-11(17(22)19-13-7-8-13)25-18(23)12-9-16(21)20(10-12)14-5-3-4-6-15(14)24-2/h3-6,11-13H,7-10H2,1-2H3,(H,19,22)/t11-,12-/m1/s1. The summed E-state index contributed by atoms with van der Waals surface area (Å²) >= 11 is 0. The highest BCUT2D eigenvalue weighted by Gasteiger charge is 2.38. The van der Waals surface area contributed by atoms with Crippen molar-refractivity contribution in [2.45, 2.75) is 38.3 Å². The zero-order valence-corrected chi connectivity index (χ0v) is 14.4. The summed E-state index contributed by atoms with van der Waals surface area (Å²) in [5.41, 5.74) is 0.629. The molecular weight excluding hydrogens is 324 g/mol. The number of carbonyl (C=O) groups is 3. The number of rotatable bonds is 6. The third kappa shape index (κ3) is 3.92. The number of hydrogen-bond acceptors (Lipinski definition) is 5. The molecule has 0 spiro atoms. The number of anilines is 1. The Morgan fingerprint density at radius 3 is 2.68 bits per heavy atom. The van der Waals surface area contributed by atoms with Crippen LogP contribution in [0.1, 0.15) is 26.2 Å². The first-order valence-corrected chi connectivity index (χ1v) is 8.44. The van der Waals surface area contributed by atoms with E-state index in [0.29, 0.717) is 11.4 Å². The summed E-state index contributed by atoms with van der Waals surface area (Å²) in [7, 11) is 1.53. The molecule has 1 saturated heterocycles. The maximum Gasteiger partial charge on any atom is 0.312 e. The number of benzene rings is 1. The number of para-hydroxylation sites is 2. The Morgan fingerprint density at radius 1 is 1.28 bits per heavy atom. The van der Waals surface area contributed by atoms with Gasteiger partial charge >= 0.3 is 5.97 Å². The van der Waals surface area contributed by atoms with Crippen molar-refractivity contribution in [3.63, 3.8) is 0 Å². The predicted octanol–water partition coefficient (Wildman–Crippen LogP) is 1.26. The minimum atomic E-state index is -0.858. The Kier molecular flexibility index (Phi) is 4.92. The SMILES string of the molecule is COc1ccccc1N1C[C@H](C(=O)O[C@H](C)C(=O)NC2CC2)CC1=O. The molecule has 7 nitrogen and oxygen atoms in total. The third-order valence-corrected chi connectivity index (χ3v) is 4.42. The van der Waals surface area contributed by atoms with Gasteiger partial charge in [0, 0.05) is 19.0 Å². The van der Waals surface area contributed by atoms with Gasteiger partial charge in [0.25, 0.3) is 5.91 Å². The number of amides is 2. The van der Waals surface area contributed by atoms with E-state index in [2.05, 4.69) is 5.32 Å². The van der Waals surface area contributed by atoms with Crippen LogP contribution < -0.4 is 15.0 Å². The fourth-order valence-corrected chi connectivity index (χ4v) is 2.82. The molecular formula is C18H22N2O5. The maximum atomic E-state index is 12.3. The average Bonchev–Trinajstić information content (AvgIpc) is 3.33. The second kappa shape index (κ2) is 7.13. The van der Waals surface area contributed by atoms with Crippen LogP contribution in [0.5, 0.6) is 5.75 Å². The largest absolute Gasteiger partial charge is 0.495 e. The van der Waals surface area contributed by atoms with Crippen LogP contribution in [0.4, 0.5) is 5.69 Å². The van der Waals surface area contributed by atoms with E-state index in [1.165, 1.54) is 12.0 Å². The summed E-state index contributed by atoms with van der Waals surface area (Å²) in [4.78, 5) is 38.1. The van der Waals surface area contributed by atoms with E-state index in [0.717, 1.165) is 12.8 Å².